The lowest BCUT2D eigenvalue weighted by Crippen LogP contribution is -2.27. The average molecular weight is 335 g/mol. The molecule has 0 saturated heterocycles. The van der Waals surface area contributed by atoms with Crippen LogP contribution in [0.5, 0.6) is 0 Å². The Hall–Kier alpha value is -0.523. The van der Waals surface area contributed by atoms with Crippen LogP contribution in [0.25, 0.3) is 0 Å². The molecule has 0 aromatic rings. The molecule has 0 fully saturated rings. The van der Waals surface area contributed by atoms with E-state index in [4.69, 9.17) is 4.43 Å². The summed E-state index contributed by atoms with van der Waals surface area (Å²) in [5.41, 5.74) is 0.917. The van der Waals surface area contributed by atoms with Crippen LogP contribution in [0, 0.1) is 17.8 Å². The Balaban J connectivity index is 4.40. The van der Waals surface area contributed by atoms with E-state index in [1.54, 1.807) is 0 Å². The second-order valence-corrected chi connectivity index (χ2v) is 9.30. The van der Waals surface area contributed by atoms with Crippen LogP contribution in [0.2, 0.25) is 5.04 Å². The van der Waals surface area contributed by atoms with Crippen LogP contribution in [0.1, 0.15) is 92.9 Å². The first-order valence-electron chi connectivity index (χ1n) is 9.42. The van der Waals surface area contributed by atoms with Crippen LogP contribution >= 0.6 is 0 Å². The lowest BCUT2D eigenvalue weighted by molar-refractivity contribution is 0.188. The van der Waals surface area contributed by atoms with E-state index < -0.39 is 0 Å². The Morgan fingerprint density at radius 3 is 2.35 bits per heavy atom. The summed E-state index contributed by atoms with van der Waals surface area (Å²) in [5, 5.41) is 0.265. The van der Waals surface area contributed by atoms with Crippen LogP contribution in [-0.2, 0) is 4.43 Å². The molecule has 0 aromatic heterocycles. The van der Waals surface area contributed by atoms with Gasteiger partial charge in [0.15, 0.2) is 0 Å². The van der Waals surface area contributed by atoms with Gasteiger partial charge in [0.2, 0.25) is 9.76 Å². The van der Waals surface area contributed by atoms with Gasteiger partial charge in [-0.05, 0) is 36.3 Å². The van der Waals surface area contributed by atoms with Gasteiger partial charge in [-0.2, -0.15) is 0 Å². The molecule has 1 nitrogen and oxygen atoms in total. The van der Waals surface area contributed by atoms with Gasteiger partial charge in [0, 0.05) is 0 Å². The van der Waals surface area contributed by atoms with Gasteiger partial charge in [-0.25, -0.2) is 0 Å². The number of allylic oxidation sites excluding steroid dienone is 1. The molecule has 0 N–H and O–H groups in total. The molecule has 2 heteroatoms. The first-order valence-corrected chi connectivity index (χ1v) is 10.3. The molecule has 0 rings (SSSR count). The second kappa shape index (κ2) is 12.8. The largest absolute Gasteiger partial charge is 0.403 e. The smallest absolute Gasteiger partial charge is 0.237 e. The van der Waals surface area contributed by atoms with Gasteiger partial charge >= 0.3 is 0 Å². The number of hydrogen-bond donors (Lipinski definition) is 0. The van der Waals surface area contributed by atoms with E-state index in [0.29, 0.717) is 15.7 Å². The van der Waals surface area contributed by atoms with Gasteiger partial charge in [0.25, 0.3) is 0 Å². The molecule has 0 heterocycles. The van der Waals surface area contributed by atoms with Gasteiger partial charge in [-0.3, -0.25) is 0 Å². The van der Waals surface area contributed by atoms with Crippen LogP contribution in [0.15, 0.2) is 12.2 Å². The molecule has 0 amide bonds. The molecule has 0 aliphatic carbocycles. The van der Waals surface area contributed by atoms with E-state index in [1.165, 1.54) is 44.9 Å². The fourth-order valence-corrected chi connectivity index (χ4v) is 3.55. The van der Waals surface area contributed by atoms with Crippen molar-refractivity contribution in [1.82, 2.24) is 0 Å². The maximum Gasteiger partial charge on any atom is 0.237 e. The van der Waals surface area contributed by atoms with Crippen molar-refractivity contribution < 1.29 is 4.43 Å². The molecular formula is C21H38OSi. The first-order chi connectivity index (χ1) is 10.8. The molecule has 0 aliphatic rings. The zero-order valence-corrected chi connectivity index (χ0v) is 17.4. The highest BCUT2D eigenvalue weighted by molar-refractivity contribution is 6.32. The van der Waals surface area contributed by atoms with E-state index in [1.807, 2.05) is 6.92 Å². The van der Waals surface area contributed by atoms with Crippen LogP contribution in [-0.4, -0.2) is 15.9 Å². The summed E-state index contributed by atoms with van der Waals surface area (Å²) in [6.07, 6.45) is 10.4. The van der Waals surface area contributed by atoms with E-state index >= 15 is 0 Å². The minimum absolute atomic E-state index is 0.0457. The van der Waals surface area contributed by atoms with Crippen molar-refractivity contribution in [2.75, 3.05) is 0 Å². The van der Waals surface area contributed by atoms with Crippen LogP contribution < -0.4 is 0 Å². The molecular weight excluding hydrogens is 296 g/mol. The highest BCUT2D eigenvalue weighted by Crippen LogP contribution is 2.31. The molecule has 0 saturated carbocycles. The van der Waals surface area contributed by atoms with Crippen molar-refractivity contribution in [3.8, 4) is 11.8 Å². The topological polar surface area (TPSA) is 9.23 Å². The lowest BCUT2D eigenvalue weighted by Gasteiger charge is -2.27. The van der Waals surface area contributed by atoms with Crippen molar-refractivity contribution in [3.63, 3.8) is 0 Å². The van der Waals surface area contributed by atoms with Gasteiger partial charge in [-0.1, -0.05) is 91.6 Å². The summed E-state index contributed by atoms with van der Waals surface area (Å²) < 4.78 is 6.26. The average Bonchev–Trinajstić information content (AvgIpc) is 2.46. The number of unbranched alkanes of at least 4 members (excludes halogenated alkanes) is 4. The normalized spacial score (nSPS) is 14.0. The third-order valence-corrected chi connectivity index (χ3v) is 5.23. The first kappa shape index (κ1) is 22.5. The summed E-state index contributed by atoms with van der Waals surface area (Å²) in [5.74, 6) is 6.90. The molecule has 0 aromatic carbocycles. The standard InChI is InChI=1S/C21H38OSi/c1-8-10-11-12-13-17-21(6,7)23-22-20(16-15-18(3)4)19(5)14-9-2/h19-20H,3,8-14,17H2,1-2,4-7H3. The Kier molecular flexibility index (Phi) is 12.6. The third-order valence-electron chi connectivity index (χ3n) is 4.06. The number of hydrogen-bond acceptors (Lipinski definition) is 1. The SMILES string of the molecule is C=C(C)C#CC(O[Si]C(C)(C)CCCCCCC)C(C)CCC. The van der Waals surface area contributed by atoms with Gasteiger partial charge in [0.05, 0.1) is 0 Å². The van der Waals surface area contributed by atoms with Crippen molar-refractivity contribution in [1.29, 1.82) is 0 Å². The van der Waals surface area contributed by atoms with Crippen LogP contribution in [0.3, 0.4) is 0 Å². The van der Waals surface area contributed by atoms with E-state index in [0.717, 1.165) is 12.0 Å². The molecule has 0 aliphatic heterocycles. The summed E-state index contributed by atoms with van der Waals surface area (Å²) in [6, 6.07) is 0. The minimum Gasteiger partial charge on any atom is -0.403 e. The predicted octanol–water partition coefficient (Wildman–Crippen LogP) is 6.57. The zero-order chi connectivity index (χ0) is 17.7. The number of rotatable bonds is 12. The highest BCUT2D eigenvalue weighted by atomic mass is 28.2. The monoisotopic (exact) mass is 334 g/mol. The Labute approximate surface area is 148 Å². The maximum atomic E-state index is 6.26. The third kappa shape index (κ3) is 12.6. The summed E-state index contributed by atoms with van der Waals surface area (Å²) in [4.78, 5) is 0. The highest BCUT2D eigenvalue weighted by Gasteiger charge is 2.24. The van der Waals surface area contributed by atoms with Crippen molar-refractivity contribution in [2.45, 2.75) is 104 Å². The van der Waals surface area contributed by atoms with Crippen LogP contribution in [0.4, 0.5) is 0 Å². The Bertz CT molecular complexity index is 375. The zero-order valence-electron chi connectivity index (χ0n) is 16.4. The van der Waals surface area contributed by atoms with Crippen molar-refractivity contribution in [3.05, 3.63) is 12.2 Å². The van der Waals surface area contributed by atoms with E-state index in [2.05, 4.69) is 53.0 Å². The van der Waals surface area contributed by atoms with E-state index in [9.17, 15) is 0 Å². The van der Waals surface area contributed by atoms with Gasteiger partial charge in [-0.15, -0.1) is 0 Å². The molecule has 2 radical (unpaired) electrons. The Morgan fingerprint density at radius 1 is 1.13 bits per heavy atom. The summed E-state index contributed by atoms with van der Waals surface area (Å²) in [7, 11) is 0.520. The lowest BCUT2D eigenvalue weighted by atomic mass is 10.00. The van der Waals surface area contributed by atoms with Crippen molar-refractivity contribution >= 4 is 9.76 Å². The van der Waals surface area contributed by atoms with Gasteiger partial charge < -0.3 is 4.43 Å². The van der Waals surface area contributed by atoms with Gasteiger partial charge in [0.1, 0.15) is 6.10 Å². The van der Waals surface area contributed by atoms with Crippen molar-refractivity contribution in [2.24, 2.45) is 5.92 Å². The second-order valence-electron chi connectivity index (χ2n) is 7.50. The predicted molar refractivity (Wildman–Crippen MR) is 105 cm³/mol. The van der Waals surface area contributed by atoms with E-state index in [-0.39, 0.29) is 11.1 Å². The molecule has 2 atom stereocenters. The summed E-state index contributed by atoms with van der Waals surface area (Å²) >= 11 is 0. The minimum atomic E-state index is 0.0457. The quantitative estimate of drug-likeness (QED) is 0.223. The molecule has 23 heavy (non-hydrogen) atoms. The molecule has 2 unspecified atom stereocenters. The molecule has 0 spiro atoms. The molecule has 132 valence electrons. The summed E-state index contributed by atoms with van der Waals surface area (Å²) in [6.45, 7) is 17.2. The Morgan fingerprint density at radius 2 is 1.78 bits per heavy atom. The maximum absolute atomic E-state index is 6.26. The fourth-order valence-electron chi connectivity index (χ4n) is 2.53. The molecule has 0 bridgehead atoms. The fraction of sp³-hybridized carbons (Fsp3) is 0.810.